The third-order valence-corrected chi connectivity index (χ3v) is 5.96. The summed E-state index contributed by atoms with van der Waals surface area (Å²) in [7, 11) is -3.84. The van der Waals surface area contributed by atoms with Crippen molar-refractivity contribution in [2.24, 2.45) is 11.7 Å². The van der Waals surface area contributed by atoms with Crippen molar-refractivity contribution < 1.29 is 23.1 Å². The Bertz CT molecular complexity index is 699. The van der Waals surface area contributed by atoms with E-state index in [4.69, 9.17) is 10.8 Å². The van der Waals surface area contributed by atoms with Crippen LogP contribution in [0.25, 0.3) is 0 Å². The van der Waals surface area contributed by atoms with Gasteiger partial charge in [0.2, 0.25) is 10.0 Å². The van der Waals surface area contributed by atoms with Crippen LogP contribution in [-0.2, 0) is 19.6 Å². The Balaban J connectivity index is 2.32. The van der Waals surface area contributed by atoms with E-state index < -0.39 is 33.7 Å². The second-order valence-corrected chi connectivity index (χ2v) is 7.51. The molecule has 0 radical (unpaired) electrons. The Labute approximate surface area is 135 Å². The number of carbonyl (C=O) groups excluding carboxylic acids is 1. The van der Waals surface area contributed by atoms with Gasteiger partial charge in [0.25, 0.3) is 0 Å². The van der Waals surface area contributed by atoms with Gasteiger partial charge >= 0.3 is 5.97 Å². The fourth-order valence-corrected chi connectivity index (χ4v) is 4.39. The molecule has 3 N–H and O–H groups in total. The first-order valence-corrected chi connectivity index (χ1v) is 8.78. The molecule has 7 nitrogen and oxygen atoms in total. The molecular weight excluding hydrogens is 320 g/mol. The van der Waals surface area contributed by atoms with Gasteiger partial charge < -0.3 is 10.8 Å². The second-order valence-electron chi connectivity index (χ2n) is 5.62. The molecule has 8 heteroatoms. The lowest BCUT2D eigenvalue weighted by Crippen LogP contribution is -2.46. The highest BCUT2D eigenvalue weighted by Crippen LogP contribution is 2.28. The Kier molecular flexibility index (Phi) is 5.18. The summed E-state index contributed by atoms with van der Waals surface area (Å²) in [5.41, 5.74) is 6.28. The van der Waals surface area contributed by atoms with Crippen molar-refractivity contribution in [1.82, 2.24) is 4.31 Å². The lowest BCUT2D eigenvalue weighted by molar-refractivity contribution is -0.146. The summed E-state index contributed by atoms with van der Waals surface area (Å²) in [5.74, 6) is -3.35. The van der Waals surface area contributed by atoms with Crippen molar-refractivity contribution in [1.29, 1.82) is 0 Å². The Morgan fingerprint density at radius 2 is 1.96 bits per heavy atom. The molecule has 0 saturated carbocycles. The van der Waals surface area contributed by atoms with E-state index in [9.17, 15) is 18.0 Å². The van der Waals surface area contributed by atoms with Gasteiger partial charge in [-0.3, -0.25) is 9.59 Å². The standard InChI is InChI=1S/C15H20N2O5S/c1-10-4-6-11(7-5-10)23(21,22)17-8-2-3-13(17)14(18)12(9-16)15(19)20/h4-7,12-13H,2-3,8-9,16H2,1H3,(H,19,20)/t12?,13-/m0/s1. The van der Waals surface area contributed by atoms with Crippen LogP contribution >= 0.6 is 0 Å². The van der Waals surface area contributed by atoms with Gasteiger partial charge in [-0.15, -0.1) is 0 Å². The number of hydrogen-bond acceptors (Lipinski definition) is 5. The van der Waals surface area contributed by atoms with Crippen LogP contribution in [0.1, 0.15) is 18.4 Å². The number of aliphatic carboxylic acids is 1. The number of hydrogen-bond donors (Lipinski definition) is 2. The third kappa shape index (κ3) is 3.44. The highest BCUT2D eigenvalue weighted by molar-refractivity contribution is 7.89. The van der Waals surface area contributed by atoms with Crippen LogP contribution in [0.5, 0.6) is 0 Å². The third-order valence-electron chi connectivity index (χ3n) is 4.04. The Morgan fingerprint density at radius 3 is 2.48 bits per heavy atom. The number of nitrogens with two attached hydrogens (primary N) is 1. The number of carboxylic acid groups (broad SMARTS) is 1. The maximum Gasteiger partial charge on any atom is 0.315 e. The Morgan fingerprint density at radius 1 is 1.35 bits per heavy atom. The first kappa shape index (κ1) is 17.6. The van der Waals surface area contributed by atoms with Crippen molar-refractivity contribution in [3.8, 4) is 0 Å². The molecular formula is C15H20N2O5S. The fourth-order valence-electron chi connectivity index (χ4n) is 2.73. The molecule has 0 aromatic heterocycles. The normalized spacial score (nSPS) is 20.3. The number of aryl methyl sites for hydroxylation is 1. The zero-order valence-electron chi connectivity index (χ0n) is 12.8. The fraction of sp³-hybridized carbons (Fsp3) is 0.467. The van der Waals surface area contributed by atoms with Crippen LogP contribution in [0.2, 0.25) is 0 Å². The van der Waals surface area contributed by atoms with Gasteiger partial charge in [0.1, 0.15) is 5.92 Å². The lowest BCUT2D eigenvalue weighted by atomic mass is 9.97. The van der Waals surface area contributed by atoms with Gasteiger partial charge in [-0.1, -0.05) is 17.7 Å². The predicted octanol–water partition coefficient (Wildman–Crippen LogP) is 0.377. The number of nitrogens with zero attached hydrogens (tertiary/aromatic N) is 1. The molecule has 1 aliphatic rings. The minimum Gasteiger partial charge on any atom is -0.481 e. The molecule has 1 aromatic carbocycles. The van der Waals surface area contributed by atoms with Crippen molar-refractivity contribution in [3.05, 3.63) is 29.8 Å². The minimum absolute atomic E-state index is 0.0995. The quantitative estimate of drug-likeness (QED) is 0.723. The summed E-state index contributed by atoms with van der Waals surface area (Å²) in [6.45, 7) is 1.70. The summed E-state index contributed by atoms with van der Waals surface area (Å²) in [6, 6.07) is 5.37. The minimum atomic E-state index is -3.84. The highest BCUT2D eigenvalue weighted by Gasteiger charge is 2.43. The van der Waals surface area contributed by atoms with Crippen molar-refractivity contribution >= 4 is 21.8 Å². The molecule has 1 aliphatic heterocycles. The number of carbonyl (C=O) groups is 2. The van der Waals surface area contributed by atoms with Gasteiger partial charge in [0.15, 0.2) is 5.78 Å². The Hall–Kier alpha value is -1.77. The summed E-state index contributed by atoms with van der Waals surface area (Å²) < 4.78 is 26.6. The van der Waals surface area contributed by atoms with Crippen LogP contribution in [0.4, 0.5) is 0 Å². The average molecular weight is 340 g/mol. The first-order chi connectivity index (χ1) is 10.8. The predicted molar refractivity (Wildman–Crippen MR) is 83.3 cm³/mol. The molecule has 1 heterocycles. The lowest BCUT2D eigenvalue weighted by Gasteiger charge is -2.25. The summed E-state index contributed by atoms with van der Waals surface area (Å²) in [6.07, 6.45) is 0.826. The zero-order chi connectivity index (χ0) is 17.2. The van der Waals surface area contributed by atoms with Gasteiger partial charge in [-0.2, -0.15) is 4.31 Å². The molecule has 23 heavy (non-hydrogen) atoms. The van der Waals surface area contributed by atoms with Crippen molar-refractivity contribution in [2.45, 2.75) is 30.7 Å². The smallest absolute Gasteiger partial charge is 0.315 e. The molecule has 2 rings (SSSR count). The molecule has 126 valence electrons. The van der Waals surface area contributed by atoms with Gasteiger partial charge in [-0.05, 0) is 31.9 Å². The van der Waals surface area contributed by atoms with Crippen LogP contribution in [-0.4, -0.2) is 48.7 Å². The van der Waals surface area contributed by atoms with E-state index in [-0.39, 0.29) is 18.0 Å². The van der Waals surface area contributed by atoms with E-state index in [0.717, 1.165) is 9.87 Å². The molecule has 1 aromatic rings. The van der Waals surface area contributed by atoms with Gasteiger partial charge in [0, 0.05) is 13.1 Å². The molecule has 1 unspecified atom stereocenters. The number of ketones is 1. The van der Waals surface area contributed by atoms with E-state index in [1.165, 1.54) is 12.1 Å². The molecule has 0 spiro atoms. The van der Waals surface area contributed by atoms with Crippen LogP contribution in [0, 0.1) is 12.8 Å². The molecule has 2 atom stereocenters. The van der Waals surface area contributed by atoms with E-state index in [0.29, 0.717) is 12.8 Å². The van der Waals surface area contributed by atoms with Gasteiger partial charge in [-0.25, -0.2) is 8.42 Å². The van der Waals surface area contributed by atoms with Crippen LogP contribution in [0.3, 0.4) is 0 Å². The van der Waals surface area contributed by atoms with E-state index >= 15 is 0 Å². The molecule has 0 bridgehead atoms. The average Bonchev–Trinajstić information content (AvgIpc) is 2.98. The summed E-state index contributed by atoms with van der Waals surface area (Å²) >= 11 is 0. The maximum atomic E-state index is 12.7. The van der Waals surface area contributed by atoms with E-state index in [1.54, 1.807) is 12.1 Å². The highest BCUT2D eigenvalue weighted by atomic mass is 32.2. The van der Waals surface area contributed by atoms with E-state index in [1.807, 2.05) is 6.92 Å². The van der Waals surface area contributed by atoms with Crippen LogP contribution in [0.15, 0.2) is 29.2 Å². The largest absolute Gasteiger partial charge is 0.481 e. The van der Waals surface area contributed by atoms with Crippen molar-refractivity contribution in [3.63, 3.8) is 0 Å². The SMILES string of the molecule is Cc1ccc(S(=O)(=O)N2CCC[C@H]2C(=O)C(CN)C(=O)O)cc1. The number of Topliss-reactive ketones (excluding diaryl/α,β-unsaturated/α-hetero) is 1. The second kappa shape index (κ2) is 6.77. The summed E-state index contributed by atoms with van der Waals surface area (Å²) in [5, 5.41) is 9.07. The molecule has 1 saturated heterocycles. The molecule has 1 fully saturated rings. The van der Waals surface area contributed by atoms with Gasteiger partial charge in [0.05, 0.1) is 10.9 Å². The number of rotatable bonds is 6. The zero-order valence-corrected chi connectivity index (χ0v) is 13.6. The van der Waals surface area contributed by atoms with Crippen molar-refractivity contribution in [2.75, 3.05) is 13.1 Å². The number of benzene rings is 1. The summed E-state index contributed by atoms with van der Waals surface area (Å²) in [4.78, 5) is 23.6. The number of carboxylic acids is 1. The van der Waals surface area contributed by atoms with Crippen LogP contribution < -0.4 is 5.73 Å². The maximum absolute atomic E-state index is 12.7. The monoisotopic (exact) mass is 340 g/mol. The molecule has 0 aliphatic carbocycles. The topological polar surface area (TPSA) is 118 Å². The van der Waals surface area contributed by atoms with E-state index in [2.05, 4.69) is 0 Å². The molecule has 0 amide bonds. The number of sulfonamides is 1. The first-order valence-electron chi connectivity index (χ1n) is 7.34.